The Morgan fingerprint density at radius 2 is 1.77 bits per heavy atom. The van der Waals surface area contributed by atoms with E-state index in [9.17, 15) is 14.4 Å². The van der Waals surface area contributed by atoms with Gasteiger partial charge in [0.05, 0.1) is 25.8 Å². The molecule has 2 amide bonds. The second-order valence-corrected chi connectivity index (χ2v) is 10.1. The van der Waals surface area contributed by atoms with Gasteiger partial charge in [-0.1, -0.05) is 49.9 Å². The second-order valence-electron chi connectivity index (χ2n) is 10.1. The molecule has 0 unspecified atom stereocenters. The van der Waals surface area contributed by atoms with E-state index in [2.05, 4.69) is 10.5 Å². The fraction of sp³-hybridized carbons (Fsp3) is 0.419. The first-order valence-electron chi connectivity index (χ1n) is 13.9. The predicted molar refractivity (Wildman–Crippen MR) is 150 cm³/mol. The molecular weight excluding hydrogens is 510 g/mol. The summed E-state index contributed by atoms with van der Waals surface area (Å²) in [5.74, 6) is 0.885. The summed E-state index contributed by atoms with van der Waals surface area (Å²) >= 11 is 0. The lowest BCUT2D eigenvalue weighted by molar-refractivity contribution is -0.119. The third kappa shape index (κ3) is 7.94. The third-order valence-electron chi connectivity index (χ3n) is 7.11. The zero-order valence-corrected chi connectivity index (χ0v) is 23.2. The first-order valence-corrected chi connectivity index (χ1v) is 13.9. The summed E-state index contributed by atoms with van der Waals surface area (Å²) in [6, 6.07) is 15.7. The number of rotatable bonds is 13. The minimum atomic E-state index is -0.395. The summed E-state index contributed by atoms with van der Waals surface area (Å²) in [4.78, 5) is 39.9. The number of esters is 1. The summed E-state index contributed by atoms with van der Waals surface area (Å²) in [7, 11) is 1.60. The van der Waals surface area contributed by atoms with Crippen LogP contribution < -0.4 is 15.0 Å². The highest BCUT2D eigenvalue weighted by Gasteiger charge is 2.23. The molecule has 3 aromatic rings. The molecule has 0 spiro atoms. The van der Waals surface area contributed by atoms with Crippen molar-refractivity contribution in [3.63, 3.8) is 0 Å². The Hall–Kier alpha value is -4.14. The quantitative estimate of drug-likeness (QED) is 0.274. The van der Waals surface area contributed by atoms with Crippen molar-refractivity contribution < 1.29 is 28.4 Å². The van der Waals surface area contributed by atoms with Gasteiger partial charge in [-0.15, -0.1) is 0 Å². The van der Waals surface area contributed by atoms with Gasteiger partial charge in [-0.25, -0.2) is 4.79 Å². The SMILES string of the molecule is CCCOC(=O)c1ccc(N(Cc2cc(C(=O)NCc3ccc(OC)cc3)no2)C(=O)CCC2CCCC2)cc1. The van der Waals surface area contributed by atoms with Crippen LogP contribution in [0.1, 0.15) is 84.0 Å². The van der Waals surface area contributed by atoms with Gasteiger partial charge in [-0.05, 0) is 60.7 Å². The van der Waals surface area contributed by atoms with E-state index in [1.165, 1.54) is 25.7 Å². The van der Waals surface area contributed by atoms with Crippen molar-refractivity contribution in [3.8, 4) is 5.75 Å². The number of anilines is 1. The molecule has 212 valence electrons. The number of benzene rings is 2. The second kappa shape index (κ2) is 14.3. The van der Waals surface area contributed by atoms with Gasteiger partial charge >= 0.3 is 5.97 Å². The molecule has 1 saturated carbocycles. The number of aromatic nitrogens is 1. The number of ether oxygens (including phenoxy) is 2. The van der Waals surface area contributed by atoms with E-state index in [4.69, 9.17) is 14.0 Å². The van der Waals surface area contributed by atoms with Gasteiger partial charge in [-0.3, -0.25) is 9.59 Å². The van der Waals surface area contributed by atoms with Crippen molar-refractivity contribution in [1.29, 1.82) is 0 Å². The normalized spacial score (nSPS) is 13.2. The first-order chi connectivity index (χ1) is 19.5. The third-order valence-corrected chi connectivity index (χ3v) is 7.11. The standard InChI is InChI=1S/C31H37N3O6/c1-3-18-39-31(37)24-11-13-25(14-12-24)34(29(35)17-10-22-6-4-5-7-22)21-27-19-28(33-40-27)30(36)32-20-23-8-15-26(38-2)16-9-23/h8-9,11-16,19,22H,3-7,10,17-18,20-21H2,1-2H3,(H,32,36). The smallest absolute Gasteiger partial charge is 0.338 e. The number of amides is 2. The molecule has 9 nitrogen and oxygen atoms in total. The first kappa shape index (κ1) is 28.9. The Bertz CT molecular complexity index is 1260. The van der Waals surface area contributed by atoms with Crippen LogP contribution in [0.5, 0.6) is 5.75 Å². The highest BCUT2D eigenvalue weighted by Crippen LogP contribution is 2.29. The molecule has 0 atom stereocenters. The number of carbonyl (C=O) groups excluding carboxylic acids is 3. The largest absolute Gasteiger partial charge is 0.497 e. The van der Waals surface area contributed by atoms with Crippen molar-refractivity contribution in [3.05, 3.63) is 77.2 Å². The molecule has 1 aliphatic carbocycles. The van der Waals surface area contributed by atoms with Crippen LogP contribution in [0, 0.1) is 5.92 Å². The maximum atomic E-state index is 13.4. The van der Waals surface area contributed by atoms with Crippen LogP contribution in [0.25, 0.3) is 0 Å². The monoisotopic (exact) mass is 547 g/mol. The highest BCUT2D eigenvalue weighted by molar-refractivity contribution is 5.95. The van der Waals surface area contributed by atoms with Gasteiger partial charge in [0.1, 0.15) is 5.75 Å². The minimum absolute atomic E-state index is 0.0462. The molecule has 9 heteroatoms. The Morgan fingerprint density at radius 1 is 1.05 bits per heavy atom. The van der Waals surface area contributed by atoms with Gasteiger partial charge in [0, 0.05) is 24.7 Å². The van der Waals surface area contributed by atoms with Crippen LogP contribution in [-0.4, -0.2) is 36.7 Å². The summed E-state index contributed by atoms with van der Waals surface area (Å²) in [5.41, 5.74) is 2.10. The van der Waals surface area contributed by atoms with Crippen LogP contribution in [0.4, 0.5) is 5.69 Å². The number of methoxy groups -OCH3 is 1. The Morgan fingerprint density at radius 3 is 2.45 bits per heavy atom. The lowest BCUT2D eigenvalue weighted by atomic mass is 10.0. The lowest BCUT2D eigenvalue weighted by Crippen LogP contribution is -2.30. The molecule has 1 fully saturated rings. The van der Waals surface area contributed by atoms with E-state index in [0.29, 0.717) is 42.5 Å². The average molecular weight is 548 g/mol. The van der Waals surface area contributed by atoms with Crippen molar-refractivity contribution in [1.82, 2.24) is 10.5 Å². The topological polar surface area (TPSA) is 111 Å². The van der Waals surface area contributed by atoms with Gasteiger partial charge in [0.2, 0.25) is 5.91 Å². The fourth-order valence-corrected chi connectivity index (χ4v) is 4.81. The minimum Gasteiger partial charge on any atom is -0.497 e. The maximum Gasteiger partial charge on any atom is 0.338 e. The summed E-state index contributed by atoms with van der Waals surface area (Å²) in [6.45, 7) is 2.73. The molecule has 4 rings (SSSR count). The van der Waals surface area contributed by atoms with Crippen molar-refractivity contribution >= 4 is 23.5 Å². The van der Waals surface area contributed by atoms with Crippen molar-refractivity contribution in [2.45, 2.75) is 65.0 Å². The van der Waals surface area contributed by atoms with E-state index >= 15 is 0 Å². The lowest BCUT2D eigenvalue weighted by Gasteiger charge is -2.22. The number of hydrogen-bond acceptors (Lipinski definition) is 7. The van der Waals surface area contributed by atoms with Gasteiger partial charge < -0.3 is 24.2 Å². The van der Waals surface area contributed by atoms with E-state index < -0.39 is 5.97 Å². The van der Waals surface area contributed by atoms with Crippen LogP contribution in [0.15, 0.2) is 59.1 Å². The predicted octanol–water partition coefficient (Wildman–Crippen LogP) is 5.68. The molecule has 0 saturated heterocycles. The molecule has 0 radical (unpaired) electrons. The van der Waals surface area contributed by atoms with E-state index in [1.807, 2.05) is 31.2 Å². The number of nitrogens with zero attached hydrogens (tertiary/aromatic N) is 2. The number of nitrogens with one attached hydrogen (secondary N) is 1. The maximum absolute atomic E-state index is 13.4. The van der Waals surface area contributed by atoms with E-state index in [0.717, 1.165) is 24.2 Å². The van der Waals surface area contributed by atoms with Crippen molar-refractivity contribution in [2.75, 3.05) is 18.6 Å². The van der Waals surface area contributed by atoms with Gasteiger partial charge in [-0.2, -0.15) is 0 Å². The van der Waals surface area contributed by atoms with Crippen LogP contribution in [0.3, 0.4) is 0 Å². The molecule has 0 bridgehead atoms. The molecule has 1 aliphatic rings. The molecule has 2 aromatic carbocycles. The summed E-state index contributed by atoms with van der Waals surface area (Å²) in [6.07, 6.45) is 6.77. The molecular formula is C31H37N3O6. The number of hydrogen-bond donors (Lipinski definition) is 1. The zero-order valence-electron chi connectivity index (χ0n) is 23.2. The van der Waals surface area contributed by atoms with E-state index in [-0.39, 0.29) is 24.1 Å². The van der Waals surface area contributed by atoms with Crippen molar-refractivity contribution in [2.24, 2.45) is 5.92 Å². The fourth-order valence-electron chi connectivity index (χ4n) is 4.81. The van der Waals surface area contributed by atoms with Gasteiger partial charge in [0.25, 0.3) is 5.91 Å². The van der Waals surface area contributed by atoms with Crippen LogP contribution in [0.2, 0.25) is 0 Å². The molecule has 40 heavy (non-hydrogen) atoms. The number of carbonyl (C=O) groups is 3. The molecule has 0 aliphatic heterocycles. The van der Waals surface area contributed by atoms with Crippen LogP contribution in [-0.2, 0) is 22.6 Å². The molecule has 1 N–H and O–H groups in total. The van der Waals surface area contributed by atoms with E-state index in [1.54, 1.807) is 42.3 Å². The molecule has 1 aromatic heterocycles. The Labute approximate surface area is 234 Å². The Balaban J connectivity index is 1.43. The summed E-state index contributed by atoms with van der Waals surface area (Å²) in [5, 5.41) is 6.76. The Kier molecular flexibility index (Phi) is 10.3. The molecule has 1 heterocycles. The summed E-state index contributed by atoms with van der Waals surface area (Å²) < 4.78 is 15.8. The highest BCUT2D eigenvalue weighted by atomic mass is 16.5. The van der Waals surface area contributed by atoms with Gasteiger partial charge in [0.15, 0.2) is 11.5 Å². The van der Waals surface area contributed by atoms with Crippen LogP contribution >= 0.6 is 0 Å². The zero-order chi connectivity index (χ0) is 28.3. The average Bonchev–Trinajstić information content (AvgIpc) is 3.69.